The van der Waals surface area contributed by atoms with Gasteiger partial charge in [0, 0.05) is 4.47 Å². The number of rotatable bonds is 3. The second-order valence-corrected chi connectivity index (χ2v) is 6.07. The van der Waals surface area contributed by atoms with Crippen LogP contribution in [0.3, 0.4) is 0 Å². The molecule has 0 spiro atoms. The first-order valence-electron chi connectivity index (χ1n) is 6.86. The van der Waals surface area contributed by atoms with Gasteiger partial charge in [-0.1, -0.05) is 19.1 Å². The highest BCUT2D eigenvalue weighted by atomic mass is 79.9. The summed E-state index contributed by atoms with van der Waals surface area (Å²) in [6, 6.07) is 5.94. The third-order valence-corrected chi connectivity index (χ3v) is 5.21. The van der Waals surface area contributed by atoms with Crippen molar-refractivity contribution in [3.05, 3.63) is 28.2 Å². The van der Waals surface area contributed by atoms with E-state index >= 15 is 0 Å². The maximum Gasteiger partial charge on any atom is 0.230 e. The molecule has 1 saturated heterocycles. The van der Waals surface area contributed by atoms with Crippen molar-refractivity contribution >= 4 is 27.5 Å². The molecule has 1 aromatic carbocycles. The molecule has 0 atom stereocenters. The van der Waals surface area contributed by atoms with Crippen LogP contribution in [-0.2, 0) is 4.79 Å². The first kappa shape index (κ1) is 14.5. The molecule has 0 saturated carbocycles. The Morgan fingerprint density at radius 3 is 2.74 bits per heavy atom. The van der Waals surface area contributed by atoms with E-state index < -0.39 is 0 Å². The Labute approximate surface area is 123 Å². The van der Waals surface area contributed by atoms with Crippen LogP contribution in [-0.4, -0.2) is 19.0 Å². The van der Waals surface area contributed by atoms with Crippen LogP contribution in [0.15, 0.2) is 22.7 Å². The molecule has 104 valence electrons. The fourth-order valence-corrected chi connectivity index (χ4v) is 3.01. The molecule has 1 amide bonds. The van der Waals surface area contributed by atoms with Crippen LogP contribution < -0.4 is 10.6 Å². The molecule has 0 aliphatic carbocycles. The number of halogens is 1. The lowest BCUT2D eigenvalue weighted by atomic mass is 9.76. The number of hydrogen-bond donors (Lipinski definition) is 2. The molecule has 0 bridgehead atoms. The average Bonchev–Trinajstić information content (AvgIpc) is 2.44. The smallest absolute Gasteiger partial charge is 0.230 e. The van der Waals surface area contributed by atoms with Gasteiger partial charge in [0.1, 0.15) is 0 Å². The molecule has 0 radical (unpaired) electrons. The predicted molar refractivity (Wildman–Crippen MR) is 82.3 cm³/mol. The van der Waals surface area contributed by atoms with Crippen molar-refractivity contribution in [3.8, 4) is 0 Å². The van der Waals surface area contributed by atoms with E-state index in [9.17, 15) is 4.79 Å². The standard InChI is InChI=1S/C15H21BrN2O/c1-3-15(7-9-17-10-8-15)14(19)18-12-6-4-5-11(2)13(12)16/h4-6,17H,3,7-10H2,1-2H3,(H,18,19). The number of piperidine rings is 1. The number of anilines is 1. The Kier molecular flexibility index (Phi) is 4.63. The van der Waals surface area contributed by atoms with Gasteiger partial charge in [-0.2, -0.15) is 0 Å². The molecular weight excluding hydrogens is 304 g/mol. The van der Waals surface area contributed by atoms with Gasteiger partial charge in [-0.25, -0.2) is 0 Å². The van der Waals surface area contributed by atoms with E-state index in [0.29, 0.717) is 0 Å². The van der Waals surface area contributed by atoms with Gasteiger partial charge in [0.2, 0.25) is 5.91 Å². The highest BCUT2D eigenvalue weighted by Gasteiger charge is 2.37. The Bertz CT molecular complexity index is 467. The summed E-state index contributed by atoms with van der Waals surface area (Å²) in [5.41, 5.74) is 1.79. The molecule has 1 aliphatic rings. The summed E-state index contributed by atoms with van der Waals surface area (Å²) in [6.45, 7) is 5.99. The third kappa shape index (κ3) is 3.00. The lowest BCUT2D eigenvalue weighted by molar-refractivity contribution is -0.127. The van der Waals surface area contributed by atoms with Crippen molar-refractivity contribution in [1.29, 1.82) is 0 Å². The van der Waals surface area contributed by atoms with Crippen LogP contribution in [0.25, 0.3) is 0 Å². The molecule has 1 heterocycles. The van der Waals surface area contributed by atoms with Crippen LogP contribution in [0, 0.1) is 12.3 Å². The Balaban J connectivity index is 2.17. The number of hydrogen-bond acceptors (Lipinski definition) is 2. The normalized spacial score (nSPS) is 18.1. The van der Waals surface area contributed by atoms with Gasteiger partial charge < -0.3 is 10.6 Å². The van der Waals surface area contributed by atoms with Crippen LogP contribution in [0.2, 0.25) is 0 Å². The van der Waals surface area contributed by atoms with E-state index in [-0.39, 0.29) is 11.3 Å². The Hall–Kier alpha value is -0.870. The highest BCUT2D eigenvalue weighted by molar-refractivity contribution is 9.10. The lowest BCUT2D eigenvalue weighted by Crippen LogP contribution is -2.44. The number of benzene rings is 1. The van der Waals surface area contributed by atoms with Crippen molar-refractivity contribution in [2.45, 2.75) is 33.1 Å². The fourth-order valence-electron chi connectivity index (χ4n) is 2.65. The van der Waals surface area contributed by atoms with Gasteiger partial charge in [0.25, 0.3) is 0 Å². The van der Waals surface area contributed by atoms with Gasteiger partial charge in [-0.3, -0.25) is 4.79 Å². The maximum atomic E-state index is 12.6. The molecule has 3 nitrogen and oxygen atoms in total. The number of carbonyl (C=O) groups excluding carboxylic acids is 1. The molecular formula is C15H21BrN2O. The molecule has 1 aromatic rings. The fraction of sp³-hybridized carbons (Fsp3) is 0.533. The van der Waals surface area contributed by atoms with E-state index in [1.165, 1.54) is 0 Å². The largest absolute Gasteiger partial charge is 0.325 e. The molecule has 19 heavy (non-hydrogen) atoms. The summed E-state index contributed by atoms with van der Waals surface area (Å²) in [6.07, 6.45) is 2.72. The minimum Gasteiger partial charge on any atom is -0.325 e. The first-order valence-corrected chi connectivity index (χ1v) is 7.65. The molecule has 0 aromatic heterocycles. The van der Waals surface area contributed by atoms with Gasteiger partial charge >= 0.3 is 0 Å². The molecule has 0 unspecified atom stereocenters. The zero-order chi connectivity index (χ0) is 13.9. The van der Waals surface area contributed by atoms with Crippen LogP contribution in [0.5, 0.6) is 0 Å². The summed E-state index contributed by atoms with van der Waals surface area (Å²) in [7, 11) is 0. The summed E-state index contributed by atoms with van der Waals surface area (Å²) in [5.74, 6) is 0.155. The summed E-state index contributed by atoms with van der Waals surface area (Å²) in [4.78, 5) is 12.6. The predicted octanol–water partition coefficient (Wildman–Crippen LogP) is 3.48. The lowest BCUT2D eigenvalue weighted by Gasteiger charge is -2.35. The van der Waals surface area contributed by atoms with Crippen molar-refractivity contribution < 1.29 is 4.79 Å². The number of carbonyl (C=O) groups is 1. The molecule has 4 heteroatoms. The molecule has 1 fully saturated rings. The zero-order valence-corrected chi connectivity index (χ0v) is 13.1. The highest BCUT2D eigenvalue weighted by Crippen LogP contribution is 2.35. The zero-order valence-electron chi connectivity index (χ0n) is 11.6. The van der Waals surface area contributed by atoms with E-state index in [2.05, 4.69) is 33.5 Å². The van der Waals surface area contributed by atoms with Crippen molar-refractivity contribution in [2.75, 3.05) is 18.4 Å². The van der Waals surface area contributed by atoms with Gasteiger partial charge in [-0.15, -0.1) is 0 Å². The summed E-state index contributed by atoms with van der Waals surface area (Å²) < 4.78 is 0.975. The average molecular weight is 325 g/mol. The van der Waals surface area contributed by atoms with Crippen molar-refractivity contribution in [2.24, 2.45) is 5.41 Å². The Morgan fingerprint density at radius 2 is 2.11 bits per heavy atom. The first-order chi connectivity index (χ1) is 9.09. The topological polar surface area (TPSA) is 41.1 Å². The monoisotopic (exact) mass is 324 g/mol. The van der Waals surface area contributed by atoms with Gasteiger partial charge in [0.15, 0.2) is 0 Å². The van der Waals surface area contributed by atoms with Crippen molar-refractivity contribution in [1.82, 2.24) is 5.32 Å². The van der Waals surface area contributed by atoms with E-state index in [1.54, 1.807) is 0 Å². The van der Waals surface area contributed by atoms with E-state index in [0.717, 1.165) is 48.1 Å². The Morgan fingerprint density at radius 1 is 1.42 bits per heavy atom. The molecule has 1 aliphatic heterocycles. The number of aryl methyl sites for hydroxylation is 1. The summed E-state index contributed by atoms with van der Waals surface area (Å²) >= 11 is 3.55. The van der Waals surface area contributed by atoms with E-state index in [4.69, 9.17) is 0 Å². The number of amides is 1. The minimum absolute atomic E-state index is 0.155. The maximum absolute atomic E-state index is 12.6. The van der Waals surface area contributed by atoms with Gasteiger partial charge in [-0.05, 0) is 66.8 Å². The van der Waals surface area contributed by atoms with Crippen molar-refractivity contribution in [3.63, 3.8) is 0 Å². The van der Waals surface area contributed by atoms with Crippen LogP contribution in [0.4, 0.5) is 5.69 Å². The minimum atomic E-state index is -0.214. The van der Waals surface area contributed by atoms with Crippen LogP contribution in [0.1, 0.15) is 31.7 Å². The quantitative estimate of drug-likeness (QED) is 0.893. The number of nitrogens with one attached hydrogen (secondary N) is 2. The second-order valence-electron chi connectivity index (χ2n) is 5.27. The van der Waals surface area contributed by atoms with E-state index in [1.807, 2.05) is 25.1 Å². The molecule has 2 N–H and O–H groups in total. The third-order valence-electron chi connectivity index (χ3n) is 4.16. The van der Waals surface area contributed by atoms with Gasteiger partial charge in [0.05, 0.1) is 11.1 Å². The summed E-state index contributed by atoms with van der Waals surface area (Å²) in [5, 5.41) is 6.42. The molecule has 2 rings (SSSR count). The second kappa shape index (κ2) is 6.06. The SMILES string of the molecule is CCC1(C(=O)Nc2cccc(C)c2Br)CCNCC1. The van der Waals surface area contributed by atoms with Crippen LogP contribution >= 0.6 is 15.9 Å².